The van der Waals surface area contributed by atoms with Crippen LogP contribution in [0.25, 0.3) is 0 Å². The first-order valence-corrected chi connectivity index (χ1v) is 6.58. The topological polar surface area (TPSA) is 80.8 Å². The zero-order valence-electron chi connectivity index (χ0n) is 12.7. The molecular weight excluding hydrogens is 272 g/mol. The highest BCUT2D eigenvalue weighted by Gasteiger charge is 2.27. The van der Waals surface area contributed by atoms with Gasteiger partial charge in [-0.05, 0) is 19.1 Å². The maximum absolute atomic E-state index is 10.5. The number of carboxylic acids is 2. The molecule has 0 radical (unpaired) electrons. The van der Waals surface area contributed by atoms with E-state index in [9.17, 15) is 9.59 Å². The van der Waals surface area contributed by atoms with Gasteiger partial charge >= 0.3 is 11.9 Å². The molecule has 2 rings (SSSR count). The second-order valence-electron chi connectivity index (χ2n) is 5.04. The van der Waals surface area contributed by atoms with E-state index in [0.717, 1.165) is 0 Å². The van der Waals surface area contributed by atoms with Gasteiger partial charge in [-0.1, -0.05) is 12.1 Å². The van der Waals surface area contributed by atoms with Crippen LogP contribution < -0.4 is 0 Å². The number of aromatic carboxylic acids is 2. The number of rotatable bonds is 2. The smallest absolute Gasteiger partial charge is 0.336 e. The minimum absolute atomic E-state index is 0.190. The van der Waals surface area contributed by atoms with Crippen LogP contribution in [0.2, 0.25) is 0 Å². The standard InChI is InChI=1S/C8H6O4.C7H15N2/c9-7(10)5-3-1-2-4-6(5)8(11)12;1-6-5-8(3)7(2)9(6)4/h1-4H,(H,9,10)(H,11,12);6H,5H2,1-4H3/q;+1. The first kappa shape index (κ1) is 16.7. The lowest BCUT2D eigenvalue weighted by atomic mass is 10.1. The van der Waals surface area contributed by atoms with E-state index in [2.05, 4.69) is 37.4 Å². The third-order valence-electron chi connectivity index (χ3n) is 3.65. The molecule has 0 aliphatic carbocycles. The van der Waals surface area contributed by atoms with Crippen LogP contribution in [-0.2, 0) is 0 Å². The molecule has 0 bridgehead atoms. The van der Waals surface area contributed by atoms with Crippen molar-refractivity contribution in [3.63, 3.8) is 0 Å². The largest absolute Gasteiger partial charge is 0.478 e. The number of carboxylic acid groups (broad SMARTS) is 2. The van der Waals surface area contributed by atoms with E-state index in [1.54, 1.807) is 0 Å². The normalized spacial score (nSPS) is 17.3. The lowest BCUT2D eigenvalue weighted by Gasteiger charge is -2.07. The van der Waals surface area contributed by atoms with Crippen LogP contribution in [0.5, 0.6) is 0 Å². The molecule has 1 aromatic rings. The summed E-state index contributed by atoms with van der Waals surface area (Å²) in [5.74, 6) is -1.08. The van der Waals surface area contributed by atoms with Gasteiger partial charge < -0.3 is 10.2 Å². The number of hydrogen-bond acceptors (Lipinski definition) is 3. The fourth-order valence-electron chi connectivity index (χ4n) is 2.10. The van der Waals surface area contributed by atoms with Gasteiger partial charge in [-0.2, -0.15) is 0 Å². The highest BCUT2D eigenvalue weighted by Crippen LogP contribution is 2.08. The molecule has 1 aliphatic rings. The fraction of sp³-hybridized carbons (Fsp3) is 0.400. The summed E-state index contributed by atoms with van der Waals surface area (Å²) in [5, 5.41) is 17.1. The van der Waals surface area contributed by atoms with Gasteiger partial charge in [0, 0.05) is 6.92 Å². The lowest BCUT2D eigenvalue weighted by Crippen LogP contribution is -2.28. The van der Waals surface area contributed by atoms with Crippen LogP contribution in [0.4, 0.5) is 0 Å². The predicted octanol–water partition coefficient (Wildman–Crippen LogP) is 1.46. The molecule has 21 heavy (non-hydrogen) atoms. The third kappa shape index (κ3) is 4.05. The Balaban J connectivity index is 0.000000219. The molecule has 0 saturated heterocycles. The first-order valence-electron chi connectivity index (χ1n) is 6.58. The third-order valence-corrected chi connectivity index (χ3v) is 3.65. The summed E-state index contributed by atoms with van der Waals surface area (Å²) in [7, 11) is 4.28. The van der Waals surface area contributed by atoms with E-state index in [4.69, 9.17) is 10.2 Å². The molecule has 1 heterocycles. The fourth-order valence-corrected chi connectivity index (χ4v) is 2.10. The summed E-state index contributed by atoms with van der Waals surface area (Å²) >= 11 is 0. The Labute approximate surface area is 123 Å². The van der Waals surface area contributed by atoms with Crippen LogP contribution in [0.15, 0.2) is 24.3 Å². The maximum atomic E-state index is 10.5. The van der Waals surface area contributed by atoms with Crippen molar-refractivity contribution in [3.8, 4) is 0 Å². The van der Waals surface area contributed by atoms with Crippen molar-refractivity contribution in [1.29, 1.82) is 0 Å². The SMILES string of the molecule is CC1=[N+](C)CC(C)N1C.O=C(O)c1ccccc1C(=O)O. The number of carbonyl (C=O) groups is 2. The van der Waals surface area contributed by atoms with Crippen LogP contribution in [0.3, 0.4) is 0 Å². The van der Waals surface area contributed by atoms with Crippen molar-refractivity contribution in [2.45, 2.75) is 19.9 Å². The first-order chi connectivity index (χ1) is 9.75. The van der Waals surface area contributed by atoms with E-state index in [1.165, 1.54) is 36.6 Å². The van der Waals surface area contributed by atoms with Crippen molar-refractivity contribution in [2.75, 3.05) is 20.6 Å². The Morgan fingerprint density at radius 3 is 1.81 bits per heavy atom. The second-order valence-corrected chi connectivity index (χ2v) is 5.04. The van der Waals surface area contributed by atoms with Gasteiger partial charge in [-0.15, -0.1) is 0 Å². The van der Waals surface area contributed by atoms with Crippen molar-refractivity contribution in [2.24, 2.45) is 0 Å². The molecule has 2 N–H and O–H groups in total. The quantitative estimate of drug-likeness (QED) is 0.807. The van der Waals surface area contributed by atoms with Crippen molar-refractivity contribution in [3.05, 3.63) is 35.4 Å². The molecule has 0 spiro atoms. The Hall–Kier alpha value is -2.37. The molecule has 1 unspecified atom stereocenters. The van der Waals surface area contributed by atoms with Gasteiger partial charge in [0.1, 0.15) is 12.6 Å². The van der Waals surface area contributed by atoms with Crippen LogP contribution in [-0.4, -0.2) is 64.1 Å². The Bertz CT molecular complexity index is 548. The summed E-state index contributed by atoms with van der Waals surface area (Å²) in [6.07, 6.45) is 0. The Morgan fingerprint density at radius 1 is 1.19 bits per heavy atom. The number of nitrogens with zero attached hydrogens (tertiary/aromatic N) is 2. The molecule has 0 saturated carbocycles. The van der Waals surface area contributed by atoms with Gasteiger partial charge in [0.15, 0.2) is 0 Å². The molecule has 1 atom stereocenters. The molecule has 0 amide bonds. The van der Waals surface area contributed by atoms with Crippen LogP contribution >= 0.6 is 0 Å². The summed E-state index contributed by atoms with van der Waals surface area (Å²) in [5.41, 5.74) is -0.380. The number of benzene rings is 1. The molecule has 6 heteroatoms. The zero-order chi connectivity index (χ0) is 16.2. The average Bonchev–Trinajstić information content (AvgIpc) is 2.66. The maximum Gasteiger partial charge on any atom is 0.336 e. The summed E-state index contributed by atoms with van der Waals surface area (Å²) in [6.45, 7) is 5.57. The Morgan fingerprint density at radius 2 is 1.62 bits per heavy atom. The van der Waals surface area contributed by atoms with Gasteiger partial charge in [0.05, 0.1) is 25.2 Å². The van der Waals surface area contributed by atoms with Crippen LogP contribution in [0.1, 0.15) is 34.6 Å². The summed E-state index contributed by atoms with van der Waals surface area (Å²) < 4.78 is 2.28. The number of amidine groups is 1. The highest BCUT2D eigenvalue weighted by atomic mass is 16.4. The number of likely N-dealkylation sites (N-methyl/N-ethyl adjacent to an activating group) is 2. The van der Waals surface area contributed by atoms with Gasteiger partial charge in [-0.25, -0.2) is 9.59 Å². The zero-order valence-corrected chi connectivity index (χ0v) is 12.7. The van der Waals surface area contributed by atoms with E-state index in [1.807, 2.05) is 0 Å². The van der Waals surface area contributed by atoms with Crippen molar-refractivity contribution < 1.29 is 24.4 Å². The Kier molecular flexibility index (Phi) is 5.46. The summed E-state index contributed by atoms with van der Waals surface area (Å²) in [4.78, 5) is 23.2. The van der Waals surface area contributed by atoms with Gasteiger partial charge in [-0.3, -0.25) is 9.48 Å². The highest BCUT2D eigenvalue weighted by molar-refractivity contribution is 6.01. The molecule has 1 aliphatic heterocycles. The molecule has 0 fully saturated rings. The van der Waals surface area contributed by atoms with Gasteiger partial charge in [0.2, 0.25) is 5.84 Å². The lowest BCUT2D eigenvalue weighted by molar-refractivity contribution is -0.490. The second kappa shape index (κ2) is 6.88. The summed E-state index contributed by atoms with van der Waals surface area (Å²) in [6, 6.07) is 6.17. The van der Waals surface area contributed by atoms with Gasteiger partial charge in [0.25, 0.3) is 0 Å². The average molecular weight is 293 g/mol. The van der Waals surface area contributed by atoms with Crippen molar-refractivity contribution >= 4 is 17.8 Å². The van der Waals surface area contributed by atoms with E-state index in [-0.39, 0.29) is 11.1 Å². The van der Waals surface area contributed by atoms with E-state index >= 15 is 0 Å². The number of hydrogen-bond donors (Lipinski definition) is 2. The molecule has 6 nitrogen and oxygen atoms in total. The molecule has 0 aromatic heterocycles. The predicted molar refractivity (Wildman–Crippen MR) is 79.3 cm³/mol. The van der Waals surface area contributed by atoms with E-state index < -0.39 is 11.9 Å². The minimum atomic E-state index is -1.23. The molecule has 114 valence electrons. The van der Waals surface area contributed by atoms with E-state index in [0.29, 0.717) is 6.04 Å². The minimum Gasteiger partial charge on any atom is -0.478 e. The molecule has 1 aromatic carbocycles. The monoisotopic (exact) mass is 293 g/mol. The van der Waals surface area contributed by atoms with Crippen molar-refractivity contribution in [1.82, 2.24) is 4.90 Å². The van der Waals surface area contributed by atoms with Crippen LogP contribution in [0, 0.1) is 0 Å². The molecular formula is C15H21N2O4+.